The van der Waals surface area contributed by atoms with Crippen molar-refractivity contribution in [2.24, 2.45) is 0 Å². The minimum Gasteiger partial charge on any atom is -0.478 e. The lowest BCUT2D eigenvalue weighted by atomic mass is 9.93. The number of aliphatic carboxylic acids is 1. The van der Waals surface area contributed by atoms with Gasteiger partial charge in [-0.15, -0.1) is 0 Å². The molecule has 0 bridgehead atoms. The van der Waals surface area contributed by atoms with Crippen LogP contribution in [0.15, 0.2) is 11.8 Å². The number of unbranched alkanes of at least 4 members (excludes halogenated alkanes) is 1. The molecule has 148 valence electrons. The molecule has 1 heterocycles. The molecule has 0 aliphatic carbocycles. The first-order valence-corrected chi connectivity index (χ1v) is 8.37. The maximum Gasteiger partial charge on any atom is 0.370 e. The van der Waals surface area contributed by atoms with Gasteiger partial charge in [0.2, 0.25) is 17.6 Å². The van der Waals surface area contributed by atoms with Gasteiger partial charge in [-0.3, -0.25) is 9.59 Å². The molecule has 26 heavy (non-hydrogen) atoms. The average Bonchev–Trinajstić information content (AvgIpc) is 2.58. The van der Waals surface area contributed by atoms with E-state index in [1.54, 1.807) is 0 Å². The third-order valence-corrected chi connectivity index (χ3v) is 3.88. The van der Waals surface area contributed by atoms with Gasteiger partial charge in [0.1, 0.15) is 18.3 Å². The van der Waals surface area contributed by atoms with Crippen LogP contribution in [0.25, 0.3) is 0 Å². The molecule has 0 saturated heterocycles. The van der Waals surface area contributed by atoms with Crippen LogP contribution in [0.3, 0.4) is 0 Å². The molecule has 1 aliphatic heterocycles. The van der Waals surface area contributed by atoms with Gasteiger partial charge in [-0.05, 0) is 12.5 Å². The molecule has 0 fully saturated rings. The number of hydrogen-bond donors (Lipinski definition) is 6. The zero-order valence-corrected chi connectivity index (χ0v) is 14.7. The second-order valence-electron chi connectivity index (χ2n) is 6.10. The summed E-state index contributed by atoms with van der Waals surface area (Å²) in [7, 11) is 0. The molecule has 10 nitrogen and oxygen atoms in total. The minimum atomic E-state index is -1.67. The Balaban J connectivity index is 2.81. The zero-order valence-electron chi connectivity index (χ0n) is 14.7. The van der Waals surface area contributed by atoms with E-state index in [9.17, 15) is 29.7 Å². The first-order chi connectivity index (χ1) is 12.2. The summed E-state index contributed by atoms with van der Waals surface area (Å²) in [5.41, 5.74) is 0. The highest BCUT2D eigenvalue weighted by atomic mass is 16.5. The zero-order chi connectivity index (χ0) is 19.9. The number of carboxylic acids is 1. The number of nitrogens with one attached hydrogen (secondary N) is 2. The van der Waals surface area contributed by atoms with E-state index in [4.69, 9.17) is 9.84 Å². The standard InChI is InChI=1S/C16H26N2O8/c1-3-4-5-12(22)17-7-10(21)14(23)15-13(18-8(2)19)9(20)6-11(26-15)16(24)25/h6,9-10,13-15,20-21,23H,3-5,7H2,1-2H3,(H,17,22)(H,18,19)(H,24,25)/t9?,10-,13+,14-,15?/m0/s1. The van der Waals surface area contributed by atoms with Gasteiger partial charge in [0.05, 0.1) is 6.04 Å². The van der Waals surface area contributed by atoms with Crippen LogP contribution in [-0.4, -0.2) is 75.2 Å². The van der Waals surface area contributed by atoms with Gasteiger partial charge >= 0.3 is 5.97 Å². The Kier molecular flexibility index (Phi) is 8.49. The topological polar surface area (TPSA) is 165 Å². The van der Waals surface area contributed by atoms with Gasteiger partial charge in [-0.1, -0.05) is 13.3 Å². The van der Waals surface area contributed by atoms with Gasteiger partial charge in [0, 0.05) is 19.9 Å². The van der Waals surface area contributed by atoms with Gasteiger partial charge in [-0.25, -0.2) is 4.79 Å². The van der Waals surface area contributed by atoms with Crippen LogP contribution in [0, 0.1) is 0 Å². The predicted molar refractivity (Wildman–Crippen MR) is 88.8 cm³/mol. The lowest BCUT2D eigenvalue weighted by molar-refractivity contribution is -0.147. The highest BCUT2D eigenvalue weighted by Gasteiger charge is 2.43. The fourth-order valence-electron chi connectivity index (χ4n) is 2.50. The Morgan fingerprint density at radius 3 is 2.50 bits per heavy atom. The Morgan fingerprint density at radius 2 is 1.96 bits per heavy atom. The molecule has 0 aromatic carbocycles. The number of carbonyl (C=O) groups excluding carboxylic acids is 2. The molecule has 0 radical (unpaired) electrons. The summed E-state index contributed by atoms with van der Waals surface area (Å²) in [5, 5.41) is 44.3. The van der Waals surface area contributed by atoms with E-state index in [2.05, 4.69) is 10.6 Å². The molecular weight excluding hydrogens is 348 g/mol. The predicted octanol–water partition coefficient (Wildman–Crippen LogP) is -1.75. The summed E-state index contributed by atoms with van der Waals surface area (Å²) in [4.78, 5) is 34.0. The molecule has 0 aromatic rings. The van der Waals surface area contributed by atoms with Crippen molar-refractivity contribution < 1.29 is 39.5 Å². The van der Waals surface area contributed by atoms with Crippen molar-refractivity contribution >= 4 is 17.8 Å². The highest BCUT2D eigenvalue weighted by molar-refractivity contribution is 5.84. The molecule has 5 atom stereocenters. The number of hydrogen-bond acceptors (Lipinski definition) is 7. The van der Waals surface area contributed by atoms with Crippen molar-refractivity contribution in [3.63, 3.8) is 0 Å². The van der Waals surface area contributed by atoms with Crippen LogP contribution in [0.2, 0.25) is 0 Å². The maximum absolute atomic E-state index is 11.6. The fraction of sp³-hybridized carbons (Fsp3) is 0.688. The van der Waals surface area contributed by atoms with Crippen LogP contribution in [-0.2, 0) is 19.1 Å². The molecule has 2 unspecified atom stereocenters. The summed E-state index contributed by atoms with van der Waals surface area (Å²) in [5.74, 6) is -2.91. The maximum atomic E-state index is 11.6. The SMILES string of the molecule is CCCCC(=O)NC[C@H](O)[C@H](O)C1OC(C(=O)O)=CC(O)[C@H]1NC(C)=O. The van der Waals surface area contributed by atoms with Crippen molar-refractivity contribution in [1.29, 1.82) is 0 Å². The third-order valence-electron chi connectivity index (χ3n) is 3.88. The van der Waals surface area contributed by atoms with Gasteiger partial charge in [0.15, 0.2) is 6.10 Å². The van der Waals surface area contributed by atoms with Crippen molar-refractivity contribution in [2.75, 3.05) is 6.54 Å². The van der Waals surface area contributed by atoms with E-state index in [0.29, 0.717) is 6.42 Å². The minimum absolute atomic E-state index is 0.276. The van der Waals surface area contributed by atoms with E-state index in [1.807, 2.05) is 6.92 Å². The monoisotopic (exact) mass is 374 g/mol. The third kappa shape index (κ3) is 6.28. The van der Waals surface area contributed by atoms with Crippen molar-refractivity contribution in [3.05, 3.63) is 11.8 Å². The molecule has 0 aromatic heterocycles. The number of aliphatic hydroxyl groups excluding tert-OH is 3. The van der Waals surface area contributed by atoms with E-state index in [0.717, 1.165) is 12.5 Å². The summed E-state index contributed by atoms with van der Waals surface area (Å²) in [6, 6.07) is -1.17. The van der Waals surface area contributed by atoms with E-state index >= 15 is 0 Å². The Bertz CT molecular complexity index is 550. The second kappa shape index (κ2) is 10.1. The van der Waals surface area contributed by atoms with Gasteiger partial charge in [-0.2, -0.15) is 0 Å². The second-order valence-corrected chi connectivity index (χ2v) is 6.10. The molecule has 0 saturated carbocycles. The van der Waals surface area contributed by atoms with Crippen LogP contribution in [0.4, 0.5) is 0 Å². The number of carboxylic acid groups (broad SMARTS) is 1. The molecule has 6 N–H and O–H groups in total. The van der Waals surface area contributed by atoms with Gasteiger partial charge in [0.25, 0.3) is 0 Å². The lowest BCUT2D eigenvalue weighted by Crippen LogP contribution is -2.60. The summed E-state index contributed by atoms with van der Waals surface area (Å²) >= 11 is 0. The highest BCUT2D eigenvalue weighted by Crippen LogP contribution is 2.22. The normalized spacial score (nSPS) is 24.7. The number of carbonyl (C=O) groups is 3. The summed E-state index contributed by atoms with van der Waals surface area (Å²) in [6.45, 7) is 2.81. The smallest absolute Gasteiger partial charge is 0.370 e. The molecule has 1 rings (SSSR count). The van der Waals surface area contributed by atoms with Crippen LogP contribution < -0.4 is 10.6 Å². The molecular formula is C16H26N2O8. The molecule has 1 aliphatic rings. The van der Waals surface area contributed by atoms with Crippen molar-refractivity contribution in [2.45, 2.75) is 63.6 Å². The number of amides is 2. The molecule has 10 heteroatoms. The lowest BCUT2D eigenvalue weighted by Gasteiger charge is -2.38. The average molecular weight is 374 g/mol. The van der Waals surface area contributed by atoms with Crippen LogP contribution >= 0.6 is 0 Å². The Hall–Kier alpha value is -2.17. The van der Waals surface area contributed by atoms with Crippen molar-refractivity contribution in [1.82, 2.24) is 10.6 Å². The molecule has 0 spiro atoms. The number of ether oxygens (including phenoxy) is 1. The van der Waals surface area contributed by atoms with Crippen molar-refractivity contribution in [3.8, 4) is 0 Å². The first kappa shape index (κ1) is 21.9. The quantitative estimate of drug-likeness (QED) is 0.276. The van der Waals surface area contributed by atoms with E-state index in [1.165, 1.54) is 6.92 Å². The summed E-state index contributed by atoms with van der Waals surface area (Å²) in [6.07, 6.45) is -3.35. The largest absolute Gasteiger partial charge is 0.478 e. The fourth-order valence-corrected chi connectivity index (χ4v) is 2.50. The van der Waals surface area contributed by atoms with Gasteiger partial charge < -0.3 is 35.8 Å². The van der Waals surface area contributed by atoms with E-state index in [-0.39, 0.29) is 18.9 Å². The van der Waals surface area contributed by atoms with E-state index < -0.39 is 48.1 Å². The van der Waals surface area contributed by atoms with Crippen LogP contribution in [0.5, 0.6) is 0 Å². The Labute approximate surface area is 150 Å². The number of aliphatic hydroxyl groups is 3. The van der Waals surface area contributed by atoms with Crippen LogP contribution in [0.1, 0.15) is 33.1 Å². The first-order valence-electron chi connectivity index (χ1n) is 8.37. The number of rotatable bonds is 9. The summed E-state index contributed by atoms with van der Waals surface area (Å²) < 4.78 is 5.15. The Morgan fingerprint density at radius 1 is 1.31 bits per heavy atom. The molecule has 2 amide bonds.